The third-order valence-electron chi connectivity index (χ3n) is 1.80. The van der Waals surface area contributed by atoms with E-state index in [2.05, 4.69) is 4.74 Å². The van der Waals surface area contributed by atoms with Crippen LogP contribution in [0.5, 0.6) is 0 Å². The molecule has 0 N–H and O–H groups in total. The number of rotatable bonds is 2. The van der Waals surface area contributed by atoms with Gasteiger partial charge in [0, 0.05) is 5.56 Å². The van der Waals surface area contributed by atoms with E-state index in [0.717, 1.165) is 13.2 Å². The number of Topliss-reactive ketones (excluding diaryl/α,β-unsaturated/α-hetero) is 1. The average Bonchev–Trinajstić information content (AvgIpc) is 2.15. The fourth-order valence-electron chi connectivity index (χ4n) is 1.08. The van der Waals surface area contributed by atoms with Gasteiger partial charge in [0.15, 0.2) is 0 Å². The van der Waals surface area contributed by atoms with E-state index in [1.165, 1.54) is 12.1 Å². The molecule has 1 rings (SSSR count). The van der Waals surface area contributed by atoms with Crippen LogP contribution in [-0.4, -0.2) is 18.9 Å². The molecule has 0 atom stereocenters. The van der Waals surface area contributed by atoms with Crippen molar-refractivity contribution in [1.29, 1.82) is 0 Å². The Balaban J connectivity index is 3.08. The molecular formula is C10H9FO3. The van der Waals surface area contributed by atoms with Crippen molar-refractivity contribution < 1.29 is 18.7 Å². The van der Waals surface area contributed by atoms with Crippen LogP contribution < -0.4 is 0 Å². The van der Waals surface area contributed by atoms with Crippen molar-refractivity contribution in [2.45, 2.75) is 6.92 Å². The van der Waals surface area contributed by atoms with Crippen LogP contribution in [0, 0.1) is 12.7 Å². The summed E-state index contributed by atoms with van der Waals surface area (Å²) in [6.07, 6.45) is 0. The zero-order chi connectivity index (χ0) is 10.7. The van der Waals surface area contributed by atoms with E-state index in [0.29, 0.717) is 5.56 Å². The van der Waals surface area contributed by atoms with Gasteiger partial charge in [0.2, 0.25) is 0 Å². The molecule has 0 saturated carbocycles. The molecule has 1 aromatic carbocycles. The number of carbonyl (C=O) groups excluding carboxylic acids is 2. The van der Waals surface area contributed by atoms with Crippen LogP contribution in [0.25, 0.3) is 0 Å². The second kappa shape index (κ2) is 4.00. The van der Waals surface area contributed by atoms with Gasteiger partial charge in [-0.25, -0.2) is 9.18 Å². The third-order valence-corrected chi connectivity index (χ3v) is 1.80. The fraction of sp³-hybridized carbons (Fsp3) is 0.200. The summed E-state index contributed by atoms with van der Waals surface area (Å²) >= 11 is 0. The van der Waals surface area contributed by atoms with Crippen LogP contribution in [0.2, 0.25) is 0 Å². The van der Waals surface area contributed by atoms with Gasteiger partial charge in [-0.3, -0.25) is 4.79 Å². The number of ether oxygens (including phenoxy) is 1. The molecule has 0 aliphatic heterocycles. The number of benzene rings is 1. The molecular weight excluding hydrogens is 187 g/mol. The Morgan fingerprint density at radius 2 is 2.00 bits per heavy atom. The summed E-state index contributed by atoms with van der Waals surface area (Å²) in [6, 6.07) is 3.59. The Hall–Kier alpha value is -1.71. The number of hydrogen-bond donors (Lipinski definition) is 0. The lowest BCUT2D eigenvalue weighted by atomic mass is 10.0. The zero-order valence-electron chi connectivity index (χ0n) is 7.83. The van der Waals surface area contributed by atoms with Gasteiger partial charge in [-0.05, 0) is 30.7 Å². The summed E-state index contributed by atoms with van der Waals surface area (Å²) in [5.41, 5.74) is 0.582. The SMILES string of the molecule is COC(=O)C(=O)c1ccc(F)cc1C. The molecule has 74 valence electrons. The van der Waals surface area contributed by atoms with Crippen LogP contribution in [0.4, 0.5) is 4.39 Å². The molecule has 3 nitrogen and oxygen atoms in total. The minimum atomic E-state index is -0.945. The highest BCUT2D eigenvalue weighted by Crippen LogP contribution is 2.11. The van der Waals surface area contributed by atoms with Crippen molar-refractivity contribution >= 4 is 11.8 Å². The van der Waals surface area contributed by atoms with Gasteiger partial charge in [0.1, 0.15) is 5.82 Å². The Bertz CT molecular complexity index is 385. The average molecular weight is 196 g/mol. The highest BCUT2D eigenvalue weighted by atomic mass is 19.1. The maximum atomic E-state index is 12.7. The first-order chi connectivity index (χ1) is 6.56. The highest BCUT2D eigenvalue weighted by Gasteiger charge is 2.18. The summed E-state index contributed by atoms with van der Waals surface area (Å²) in [7, 11) is 1.12. The molecule has 0 aliphatic carbocycles. The highest BCUT2D eigenvalue weighted by molar-refractivity contribution is 6.40. The summed E-state index contributed by atoms with van der Waals surface area (Å²) in [5.74, 6) is -2.14. The molecule has 0 aliphatic rings. The van der Waals surface area contributed by atoms with E-state index < -0.39 is 17.6 Å². The Morgan fingerprint density at radius 3 is 2.50 bits per heavy atom. The number of aryl methyl sites for hydroxylation is 1. The van der Waals surface area contributed by atoms with Crippen LogP contribution >= 0.6 is 0 Å². The standard InChI is InChI=1S/C10H9FO3/c1-6-5-7(11)3-4-8(6)9(12)10(13)14-2/h3-5H,1-2H3. The summed E-state index contributed by atoms with van der Waals surface area (Å²) < 4.78 is 16.9. The summed E-state index contributed by atoms with van der Waals surface area (Å²) in [4.78, 5) is 22.2. The van der Waals surface area contributed by atoms with Crippen molar-refractivity contribution in [2.75, 3.05) is 7.11 Å². The molecule has 1 aromatic rings. The molecule has 0 heterocycles. The van der Waals surface area contributed by atoms with Crippen LogP contribution in [0.3, 0.4) is 0 Å². The lowest BCUT2D eigenvalue weighted by molar-refractivity contribution is -0.135. The van der Waals surface area contributed by atoms with E-state index in [1.54, 1.807) is 6.92 Å². The van der Waals surface area contributed by atoms with Gasteiger partial charge in [-0.15, -0.1) is 0 Å². The third kappa shape index (κ3) is 1.96. The topological polar surface area (TPSA) is 43.4 Å². The smallest absolute Gasteiger partial charge is 0.379 e. The molecule has 0 radical (unpaired) electrons. The molecule has 0 aromatic heterocycles. The van der Waals surface area contributed by atoms with E-state index in [9.17, 15) is 14.0 Å². The predicted molar refractivity (Wildman–Crippen MR) is 47.5 cm³/mol. The van der Waals surface area contributed by atoms with Gasteiger partial charge < -0.3 is 4.74 Å². The lowest BCUT2D eigenvalue weighted by Crippen LogP contribution is -2.16. The molecule has 0 fully saturated rings. The zero-order valence-corrected chi connectivity index (χ0v) is 7.83. The minimum absolute atomic E-state index is 0.165. The Kier molecular flexibility index (Phi) is 2.96. The monoisotopic (exact) mass is 196 g/mol. The number of esters is 1. The van der Waals surface area contributed by atoms with E-state index >= 15 is 0 Å². The van der Waals surface area contributed by atoms with E-state index in [-0.39, 0.29) is 5.56 Å². The molecule has 0 spiro atoms. The van der Waals surface area contributed by atoms with Crippen LogP contribution in [-0.2, 0) is 9.53 Å². The van der Waals surface area contributed by atoms with E-state index in [4.69, 9.17) is 0 Å². The van der Waals surface area contributed by atoms with Gasteiger partial charge in [0.05, 0.1) is 7.11 Å². The van der Waals surface area contributed by atoms with Gasteiger partial charge in [-0.2, -0.15) is 0 Å². The number of halogens is 1. The van der Waals surface area contributed by atoms with Crippen LogP contribution in [0.15, 0.2) is 18.2 Å². The first-order valence-corrected chi connectivity index (χ1v) is 3.95. The number of ketones is 1. The first-order valence-electron chi connectivity index (χ1n) is 3.95. The Labute approximate surface area is 80.5 Å². The lowest BCUT2D eigenvalue weighted by Gasteiger charge is -2.02. The molecule has 0 bridgehead atoms. The quantitative estimate of drug-likeness (QED) is 0.409. The predicted octanol–water partition coefficient (Wildman–Crippen LogP) is 1.49. The van der Waals surface area contributed by atoms with Crippen molar-refractivity contribution in [3.8, 4) is 0 Å². The molecule has 0 amide bonds. The molecule has 14 heavy (non-hydrogen) atoms. The van der Waals surface area contributed by atoms with Crippen LogP contribution in [0.1, 0.15) is 15.9 Å². The van der Waals surface area contributed by atoms with Crippen molar-refractivity contribution in [1.82, 2.24) is 0 Å². The second-order valence-corrected chi connectivity index (χ2v) is 2.78. The van der Waals surface area contributed by atoms with Crippen molar-refractivity contribution in [2.24, 2.45) is 0 Å². The van der Waals surface area contributed by atoms with E-state index in [1.807, 2.05) is 0 Å². The largest absolute Gasteiger partial charge is 0.463 e. The summed E-state index contributed by atoms with van der Waals surface area (Å²) in [6.45, 7) is 1.55. The second-order valence-electron chi connectivity index (χ2n) is 2.78. The Morgan fingerprint density at radius 1 is 1.36 bits per heavy atom. The first kappa shape index (κ1) is 10.4. The van der Waals surface area contributed by atoms with Gasteiger partial charge in [-0.1, -0.05) is 0 Å². The fourth-order valence-corrected chi connectivity index (χ4v) is 1.08. The normalized spacial score (nSPS) is 9.64. The van der Waals surface area contributed by atoms with Gasteiger partial charge in [0.25, 0.3) is 5.78 Å². The minimum Gasteiger partial charge on any atom is -0.463 e. The van der Waals surface area contributed by atoms with Crippen molar-refractivity contribution in [3.05, 3.63) is 35.1 Å². The number of methoxy groups -OCH3 is 1. The molecule has 4 heteroatoms. The molecule has 0 unspecified atom stereocenters. The van der Waals surface area contributed by atoms with Crippen molar-refractivity contribution in [3.63, 3.8) is 0 Å². The maximum absolute atomic E-state index is 12.7. The number of carbonyl (C=O) groups is 2. The van der Waals surface area contributed by atoms with Gasteiger partial charge >= 0.3 is 5.97 Å². The number of hydrogen-bond acceptors (Lipinski definition) is 3. The molecule has 0 saturated heterocycles. The maximum Gasteiger partial charge on any atom is 0.379 e. The summed E-state index contributed by atoms with van der Waals surface area (Å²) in [5, 5.41) is 0.